The minimum absolute atomic E-state index is 0.187. The molecule has 0 aliphatic heterocycles. The number of nitrogens with one attached hydrogen (secondary N) is 1. The van der Waals surface area contributed by atoms with E-state index in [0.29, 0.717) is 26.5 Å². The number of aromatic nitrogens is 2. The van der Waals surface area contributed by atoms with Gasteiger partial charge in [0.1, 0.15) is 4.88 Å². The molecule has 0 fully saturated rings. The van der Waals surface area contributed by atoms with E-state index in [-0.39, 0.29) is 10.8 Å². The maximum atomic E-state index is 11.1. The summed E-state index contributed by atoms with van der Waals surface area (Å²) in [6.45, 7) is 0. The maximum absolute atomic E-state index is 11.1. The van der Waals surface area contributed by atoms with Crippen LogP contribution in [0.15, 0.2) is 34.2 Å². The van der Waals surface area contributed by atoms with E-state index in [1.807, 2.05) is 6.07 Å². The molecule has 3 rings (SSSR count). The van der Waals surface area contributed by atoms with Gasteiger partial charge in [0.15, 0.2) is 0 Å². The Morgan fingerprint density at radius 2 is 2.17 bits per heavy atom. The van der Waals surface area contributed by atoms with Crippen LogP contribution >= 0.6 is 45.9 Å². The summed E-state index contributed by atoms with van der Waals surface area (Å²) in [6, 6.07) is 5.37. The van der Waals surface area contributed by atoms with E-state index in [9.17, 15) is 9.90 Å². The third-order valence-electron chi connectivity index (χ3n) is 2.87. The van der Waals surface area contributed by atoms with Crippen molar-refractivity contribution in [3.05, 3.63) is 59.4 Å². The van der Waals surface area contributed by atoms with Crippen LogP contribution < -0.4 is 4.87 Å². The van der Waals surface area contributed by atoms with Crippen molar-refractivity contribution >= 4 is 57.2 Å². The van der Waals surface area contributed by atoms with Gasteiger partial charge in [-0.15, -0.1) is 0 Å². The van der Waals surface area contributed by atoms with Crippen LogP contribution in [0, 0.1) is 0 Å². The van der Waals surface area contributed by atoms with Crippen molar-refractivity contribution < 1.29 is 5.11 Å². The topological polar surface area (TPSA) is 78.3 Å². The molecule has 2 aromatic heterocycles. The average molecular weight is 386 g/mol. The Labute approximate surface area is 148 Å². The third kappa shape index (κ3) is 4.00. The van der Waals surface area contributed by atoms with E-state index in [4.69, 9.17) is 23.2 Å². The molecule has 118 valence electrons. The number of aromatic hydroxyl groups is 1. The van der Waals surface area contributed by atoms with E-state index < -0.39 is 0 Å². The lowest BCUT2D eigenvalue weighted by molar-refractivity contribution is 0.455. The van der Waals surface area contributed by atoms with E-state index >= 15 is 0 Å². The molecular formula is C14H9Cl2N3O2S2. The van der Waals surface area contributed by atoms with Crippen LogP contribution in [0.4, 0.5) is 5.13 Å². The lowest BCUT2D eigenvalue weighted by Gasteiger charge is -2.02. The van der Waals surface area contributed by atoms with Crippen LogP contribution in [0.25, 0.3) is 0 Å². The zero-order valence-electron chi connectivity index (χ0n) is 11.4. The molecule has 1 aromatic carbocycles. The molecule has 0 unspecified atom stereocenters. The quantitative estimate of drug-likeness (QED) is 0.658. The number of aromatic amines is 1. The van der Waals surface area contributed by atoms with Gasteiger partial charge in [-0.3, -0.25) is 9.78 Å². The standard InChI is InChI=1S/C14H9Cl2N3O2S2/c15-8-2-1-7(10(16)4-8)3-9-5-17-13(22-9)18-6-11-12(20)19-14(21)23-11/h1-2,4-6,20H,3H2,(H,19,21)/b18-6+. The fraction of sp³-hybridized carbons (Fsp3) is 0.0714. The monoisotopic (exact) mass is 385 g/mol. The van der Waals surface area contributed by atoms with Gasteiger partial charge in [0.25, 0.3) is 0 Å². The Morgan fingerprint density at radius 3 is 2.87 bits per heavy atom. The van der Waals surface area contributed by atoms with Gasteiger partial charge in [-0.1, -0.05) is 51.9 Å². The summed E-state index contributed by atoms with van der Waals surface area (Å²) in [4.78, 5) is 22.8. The molecule has 5 nitrogen and oxygen atoms in total. The maximum Gasteiger partial charge on any atom is 0.307 e. The number of H-pyrrole nitrogens is 1. The molecular weight excluding hydrogens is 377 g/mol. The average Bonchev–Trinajstić information content (AvgIpc) is 3.06. The van der Waals surface area contributed by atoms with Crippen molar-refractivity contribution in [1.29, 1.82) is 0 Å². The molecule has 2 heterocycles. The van der Waals surface area contributed by atoms with E-state index in [2.05, 4.69) is 15.0 Å². The number of halogens is 2. The number of aliphatic imine (C=N–C) groups is 1. The molecule has 2 N–H and O–H groups in total. The van der Waals surface area contributed by atoms with Gasteiger partial charge >= 0.3 is 4.87 Å². The smallest absolute Gasteiger partial charge is 0.307 e. The zero-order valence-corrected chi connectivity index (χ0v) is 14.6. The second-order valence-corrected chi connectivity index (χ2v) is 7.46. The van der Waals surface area contributed by atoms with Crippen LogP contribution in [0.3, 0.4) is 0 Å². The molecule has 0 amide bonds. The van der Waals surface area contributed by atoms with Crippen molar-refractivity contribution in [3.8, 4) is 5.88 Å². The molecule has 0 atom stereocenters. The molecule has 0 bridgehead atoms. The minimum atomic E-state index is -0.332. The highest BCUT2D eigenvalue weighted by atomic mass is 35.5. The lowest BCUT2D eigenvalue weighted by Crippen LogP contribution is -1.89. The summed E-state index contributed by atoms with van der Waals surface area (Å²) in [5.74, 6) is -0.187. The lowest BCUT2D eigenvalue weighted by atomic mass is 10.1. The second kappa shape index (κ2) is 6.84. The van der Waals surface area contributed by atoms with E-state index in [0.717, 1.165) is 21.8 Å². The van der Waals surface area contributed by atoms with Crippen molar-refractivity contribution in [2.75, 3.05) is 0 Å². The predicted octanol–water partition coefficient (Wildman–Crippen LogP) is 4.25. The van der Waals surface area contributed by atoms with Gasteiger partial charge in [0, 0.05) is 27.5 Å². The SMILES string of the molecule is O=c1[nH]c(O)c(/C=N/c2ncc(Cc3ccc(Cl)cc3Cl)s2)s1. The number of hydrogen-bond donors (Lipinski definition) is 2. The minimum Gasteiger partial charge on any atom is -0.493 e. The van der Waals surface area contributed by atoms with Crippen molar-refractivity contribution in [2.45, 2.75) is 6.42 Å². The summed E-state index contributed by atoms with van der Waals surface area (Å²) >= 11 is 14.3. The summed E-state index contributed by atoms with van der Waals surface area (Å²) in [6.07, 6.45) is 3.77. The normalized spacial score (nSPS) is 11.4. The third-order valence-corrected chi connectivity index (χ3v) is 5.17. The summed E-state index contributed by atoms with van der Waals surface area (Å²) < 4.78 is 0. The Bertz CT molecular complexity index is 930. The van der Waals surface area contributed by atoms with Crippen LogP contribution in [-0.4, -0.2) is 21.3 Å². The van der Waals surface area contributed by atoms with Gasteiger partial charge in [0.05, 0.1) is 6.21 Å². The van der Waals surface area contributed by atoms with E-state index in [1.165, 1.54) is 17.6 Å². The Morgan fingerprint density at radius 1 is 1.35 bits per heavy atom. The zero-order chi connectivity index (χ0) is 16.4. The number of hydrogen-bond acceptors (Lipinski definition) is 6. The van der Waals surface area contributed by atoms with Crippen molar-refractivity contribution in [2.24, 2.45) is 4.99 Å². The molecule has 3 aromatic rings. The molecule has 0 spiro atoms. The first-order valence-electron chi connectivity index (χ1n) is 6.36. The van der Waals surface area contributed by atoms with E-state index in [1.54, 1.807) is 18.3 Å². The number of nitrogens with zero attached hydrogens (tertiary/aromatic N) is 2. The fourth-order valence-electron chi connectivity index (χ4n) is 1.82. The Kier molecular flexibility index (Phi) is 4.82. The van der Waals surface area contributed by atoms with Crippen LogP contribution in [0.1, 0.15) is 15.3 Å². The first-order valence-corrected chi connectivity index (χ1v) is 8.75. The molecule has 0 aliphatic carbocycles. The summed E-state index contributed by atoms with van der Waals surface area (Å²) in [5, 5.41) is 11.2. The van der Waals surface area contributed by atoms with Gasteiger partial charge in [-0.05, 0) is 17.7 Å². The Hall–Kier alpha value is -1.67. The molecule has 0 radical (unpaired) electrons. The first-order chi connectivity index (χ1) is 11.0. The highest BCUT2D eigenvalue weighted by Crippen LogP contribution is 2.28. The van der Waals surface area contributed by atoms with Crippen LogP contribution in [0.2, 0.25) is 10.0 Å². The van der Waals surface area contributed by atoms with Crippen molar-refractivity contribution in [3.63, 3.8) is 0 Å². The van der Waals surface area contributed by atoms with Gasteiger partial charge in [-0.25, -0.2) is 9.98 Å². The molecule has 0 saturated carbocycles. The summed E-state index contributed by atoms with van der Waals surface area (Å²) in [7, 11) is 0. The molecule has 0 aliphatic rings. The molecule has 23 heavy (non-hydrogen) atoms. The summed E-state index contributed by atoms with van der Waals surface area (Å²) in [5.41, 5.74) is 0.955. The highest BCUT2D eigenvalue weighted by molar-refractivity contribution is 7.15. The number of thiazole rings is 2. The van der Waals surface area contributed by atoms with Crippen LogP contribution in [-0.2, 0) is 6.42 Å². The molecule has 9 heteroatoms. The Balaban J connectivity index is 1.75. The first kappa shape index (κ1) is 16.2. The van der Waals surface area contributed by atoms with Gasteiger partial charge in [0.2, 0.25) is 11.0 Å². The van der Waals surface area contributed by atoms with Gasteiger partial charge in [-0.2, -0.15) is 0 Å². The highest BCUT2D eigenvalue weighted by Gasteiger charge is 2.07. The molecule has 0 saturated heterocycles. The largest absolute Gasteiger partial charge is 0.493 e. The second-order valence-electron chi connectivity index (χ2n) is 4.51. The predicted molar refractivity (Wildman–Crippen MR) is 95.2 cm³/mol. The van der Waals surface area contributed by atoms with Gasteiger partial charge < -0.3 is 5.11 Å². The van der Waals surface area contributed by atoms with Crippen LogP contribution in [0.5, 0.6) is 5.88 Å². The number of rotatable bonds is 4. The fourth-order valence-corrected chi connectivity index (χ4v) is 3.68. The van der Waals surface area contributed by atoms with Crippen molar-refractivity contribution in [1.82, 2.24) is 9.97 Å². The number of benzene rings is 1.